The quantitative estimate of drug-likeness (QED) is 0.483. The molecule has 2 aliphatic carbocycles. The number of benzene rings is 1. The molecule has 2 heteroatoms. The number of aromatic nitrogens is 1. The number of hydrogen-bond acceptors (Lipinski definition) is 2. The second kappa shape index (κ2) is 2.58. The Balaban J connectivity index is 0.0000000893. The van der Waals surface area contributed by atoms with Gasteiger partial charge < -0.3 is 4.52 Å². The first-order chi connectivity index (χ1) is 5.47. The summed E-state index contributed by atoms with van der Waals surface area (Å²) >= 11 is 0. The van der Waals surface area contributed by atoms with E-state index in [0.717, 1.165) is 0 Å². The Bertz CT molecular complexity index is 338. The van der Waals surface area contributed by atoms with E-state index in [1.54, 1.807) is 12.3 Å². The van der Waals surface area contributed by atoms with Crippen LogP contribution in [-0.2, 0) is 0 Å². The Kier molecular flexibility index (Phi) is 1.44. The van der Waals surface area contributed by atoms with E-state index in [1.165, 1.54) is 16.7 Å². The molecule has 0 aliphatic heterocycles. The third kappa shape index (κ3) is 1.15. The van der Waals surface area contributed by atoms with Crippen molar-refractivity contribution in [1.29, 1.82) is 0 Å². The summed E-state index contributed by atoms with van der Waals surface area (Å²) in [6.07, 6.45) is 3.10. The van der Waals surface area contributed by atoms with E-state index < -0.39 is 0 Å². The average Bonchev–Trinajstić information content (AvgIpc) is 2.53. The molecule has 0 radical (unpaired) electrons. The fourth-order valence-electron chi connectivity index (χ4n) is 0.838. The summed E-state index contributed by atoms with van der Waals surface area (Å²) < 4.78 is 4.33. The van der Waals surface area contributed by atoms with Crippen LogP contribution in [0.25, 0.3) is 0 Å². The van der Waals surface area contributed by atoms with E-state index in [9.17, 15) is 0 Å². The summed E-state index contributed by atoms with van der Waals surface area (Å²) in [5.74, 6) is 0. The lowest BCUT2D eigenvalue weighted by Gasteiger charge is -1.95. The Morgan fingerprint density at radius 2 is 1.64 bits per heavy atom. The highest BCUT2D eigenvalue weighted by atomic mass is 16.5. The largest absolute Gasteiger partial charge is 0.365 e. The van der Waals surface area contributed by atoms with Crippen LogP contribution in [0.3, 0.4) is 0 Å². The first-order valence-electron chi connectivity index (χ1n) is 3.41. The minimum Gasteiger partial charge on any atom is -0.365 e. The molecule has 0 atom stereocenters. The van der Waals surface area contributed by atoms with E-state index in [0.29, 0.717) is 0 Å². The molecule has 3 rings (SSSR count). The molecule has 2 aliphatic rings. The van der Waals surface area contributed by atoms with Gasteiger partial charge in [0.15, 0.2) is 0 Å². The Morgan fingerprint density at radius 3 is 1.73 bits per heavy atom. The standard InChI is InChI=1S/C6H4.C3H3NO/c1-2-6-4-3-5(1)6;1-2-4-5-3-1/h1-4H;1-3H. The highest BCUT2D eigenvalue weighted by molar-refractivity contribution is 5.22. The second-order valence-corrected chi connectivity index (χ2v) is 2.27. The van der Waals surface area contributed by atoms with Crippen molar-refractivity contribution < 1.29 is 4.52 Å². The van der Waals surface area contributed by atoms with Gasteiger partial charge in [0.2, 0.25) is 0 Å². The normalized spacial score (nSPS) is 9.82. The summed E-state index contributed by atoms with van der Waals surface area (Å²) in [5.41, 5.74) is 0. The molecule has 0 bridgehead atoms. The SMILES string of the molecule is c1cc2ccc1=2.c1cnoc1. The summed E-state index contributed by atoms with van der Waals surface area (Å²) in [5, 5.41) is 6.20. The van der Waals surface area contributed by atoms with Crippen molar-refractivity contribution in [2.45, 2.75) is 0 Å². The molecule has 0 aromatic carbocycles. The van der Waals surface area contributed by atoms with Crippen LogP contribution in [0.15, 0.2) is 47.3 Å². The third-order valence-corrected chi connectivity index (χ3v) is 1.57. The van der Waals surface area contributed by atoms with Crippen LogP contribution in [-0.4, -0.2) is 5.16 Å². The van der Waals surface area contributed by atoms with Gasteiger partial charge in [-0.1, -0.05) is 29.4 Å². The van der Waals surface area contributed by atoms with Gasteiger partial charge in [0.25, 0.3) is 0 Å². The van der Waals surface area contributed by atoms with Gasteiger partial charge in [-0.25, -0.2) is 0 Å². The molecule has 0 unspecified atom stereocenters. The lowest BCUT2D eigenvalue weighted by atomic mass is 10.1. The molecule has 0 spiro atoms. The molecule has 0 N–H and O–H groups in total. The fourth-order valence-corrected chi connectivity index (χ4v) is 0.838. The predicted octanol–water partition coefficient (Wildman–Crippen LogP) is 1.96. The molecule has 0 saturated heterocycles. The number of hydrogen-bond donors (Lipinski definition) is 0. The molecule has 54 valence electrons. The zero-order chi connectivity index (χ0) is 7.52. The maximum atomic E-state index is 4.33. The van der Waals surface area contributed by atoms with Crippen LogP contribution < -0.4 is 0 Å². The van der Waals surface area contributed by atoms with E-state index in [1.807, 2.05) is 0 Å². The average molecular weight is 145 g/mol. The van der Waals surface area contributed by atoms with Gasteiger partial charge in [0.1, 0.15) is 6.26 Å². The lowest BCUT2D eigenvalue weighted by molar-refractivity contribution is 0.420. The van der Waals surface area contributed by atoms with Gasteiger partial charge >= 0.3 is 0 Å². The number of nitrogens with zero attached hydrogens (tertiary/aromatic N) is 1. The molecule has 1 aromatic rings. The smallest absolute Gasteiger partial charge is 0.123 e. The van der Waals surface area contributed by atoms with Crippen molar-refractivity contribution in [3.63, 3.8) is 0 Å². The monoisotopic (exact) mass is 145 g/mol. The van der Waals surface area contributed by atoms with Crippen molar-refractivity contribution in [1.82, 2.24) is 5.16 Å². The van der Waals surface area contributed by atoms with E-state index in [4.69, 9.17) is 0 Å². The zero-order valence-corrected chi connectivity index (χ0v) is 5.90. The minimum absolute atomic E-state index is 1.43. The summed E-state index contributed by atoms with van der Waals surface area (Å²) in [4.78, 5) is 0. The lowest BCUT2D eigenvalue weighted by Crippen LogP contribution is -1.80. The Morgan fingerprint density at radius 1 is 1.00 bits per heavy atom. The van der Waals surface area contributed by atoms with E-state index in [-0.39, 0.29) is 0 Å². The van der Waals surface area contributed by atoms with Gasteiger partial charge in [0.05, 0.1) is 6.20 Å². The predicted molar refractivity (Wildman–Crippen MR) is 40.6 cm³/mol. The van der Waals surface area contributed by atoms with Gasteiger partial charge in [-0.15, -0.1) is 0 Å². The van der Waals surface area contributed by atoms with Gasteiger partial charge in [-0.05, 0) is 16.5 Å². The highest BCUT2D eigenvalue weighted by Gasteiger charge is 1.88. The van der Waals surface area contributed by atoms with Crippen molar-refractivity contribution in [2.75, 3.05) is 0 Å². The van der Waals surface area contributed by atoms with Gasteiger partial charge in [0, 0.05) is 0 Å². The van der Waals surface area contributed by atoms with Crippen LogP contribution in [0.2, 0.25) is 0 Å². The molecule has 1 aromatic heterocycles. The fraction of sp³-hybridized carbons (Fsp3) is 0. The van der Waals surface area contributed by atoms with Gasteiger partial charge in [-0.2, -0.15) is 0 Å². The molecule has 11 heavy (non-hydrogen) atoms. The van der Waals surface area contributed by atoms with Crippen molar-refractivity contribution >= 4 is 0 Å². The summed E-state index contributed by atoms with van der Waals surface area (Å²) in [6, 6.07) is 10.2. The molecule has 0 fully saturated rings. The first-order valence-corrected chi connectivity index (χ1v) is 3.41. The highest BCUT2D eigenvalue weighted by Crippen LogP contribution is 2.04. The van der Waals surface area contributed by atoms with E-state index in [2.05, 4.69) is 33.9 Å². The van der Waals surface area contributed by atoms with Crippen LogP contribution in [0, 0.1) is 10.4 Å². The van der Waals surface area contributed by atoms with Crippen LogP contribution in [0.5, 0.6) is 0 Å². The van der Waals surface area contributed by atoms with Gasteiger partial charge in [-0.3, -0.25) is 0 Å². The van der Waals surface area contributed by atoms with Crippen molar-refractivity contribution in [3.05, 3.63) is 53.2 Å². The maximum Gasteiger partial charge on any atom is 0.123 e. The van der Waals surface area contributed by atoms with Crippen LogP contribution >= 0.6 is 0 Å². The third-order valence-electron chi connectivity index (χ3n) is 1.57. The molecule has 2 nitrogen and oxygen atoms in total. The Hall–Kier alpha value is -1.57. The maximum absolute atomic E-state index is 4.33. The van der Waals surface area contributed by atoms with Crippen molar-refractivity contribution in [3.8, 4) is 0 Å². The van der Waals surface area contributed by atoms with Crippen molar-refractivity contribution in [2.24, 2.45) is 0 Å². The first kappa shape index (κ1) is 6.16. The number of rotatable bonds is 0. The Labute approximate surface area is 63.8 Å². The van der Waals surface area contributed by atoms with Crippen LogP contribution in [0.4, 0.5) is 0 Å². The minimum atomic E-state index is 1.43. The molecule has 1 heterocycles. The molecule has 0 saturated carbocycles. The molecular formula is C9H7NO. The van der Waals surface area contributed by atoms with Crippen LogP contribution in [0.1, 0.15) is 0 Å². The summed E-state index contributed by atoms with van der Waals surface area (Å²) in [6.45, 7) is 0. The zero-order valence-electron chi connectivity index (χ0n) is 5.90. The summed E-state index contributed by atoms with van der Waals surface area (Å²) in [7, 11) is 0. The topological polar surface area (TPSA) is 26.0 Å². The van der Waals surface area contributed by atoms with E-state index >= 15 is 0 Å². The molecular weight excluding hydrogens is 138 g/mol. The second-order valence-electron chi connectivity index (χ2n) is 2.27. The molecule has 0 amide bonds.